The first-order valence-electron chi connectivity index (χ1n) is 7.08. The van der Waals surface area contributed by atoms with Crippen LogP contribution in [-0.2, 0) is 17.6 Å². The van der Waals surface area contributed by atoms with Crippen LogP contribution in [0.3, 0.4) is 0 Å². The monoisotopic (exact) mass is 383 g/mol. The Morgan fingerprint density at radius 2 is 1.83 bits per heavy atom. The number of benzene rings is 2. The smallest absolute Gasteiger partial charge is 0.387 e. The number of alkyl halides is 2. The third kappa shape index (κ3) is 5.98. The van der Waals surface area contributed by atoms with Crippen molar-refractivity contribution in [3.8, 4) is 5.75 Å². The molecular weight excluding hydrogens is 368 g/mol. The predicted molar refractivity (Wildman–Crippen MR) is 87.6 cm³/mol. The van der Waals surface area contributed by atoms with Gasteiger partial charge in [-0.2, -0.15) is 8.78 Å². The summed E-state index contributed by atoms with van der Waals surface area (Å²) in [6.45, 7) is -2.31. The van der Waals surface area contributed by atoms with E-state index in [1.54, 1.807) is 12.1 Å². The van der Waals surface area contributed by atoms with Gasteiger partial charge in [-0.05, 0) is 35.7 Å². The number of ether oxygens (including phenoxy) is 1. The molecule has 0 fully saturated rings. The quantitative estimate of drug-likeness (QED) is 0.785. The summed E-state index contributed by atoms with van der Waals surface area (Å²) in [6, 6.07) is 13.9. The lowest BCUT2D eigenvalue weighted by atomic mass is 10.1. The highest BCUT2D eigenvalue weighted by Gasteiger charge is 2.06. The Morgan fingerprint density at radius 3 is 2.48 bits per heavy atom. The van der Waals surface area contributed by atoms with Crippen LogP contribution < -0.4 is 10.1 Å². The molecule has 2 aromatic carbocycles. The Kier molecular flexibility index (Phi) is 6.52. The van der Waals surface area contributed by atoms with Crippen LogP contribution in [0.5, 0.6) is 5.75 Å². The molecule has 0 aromatic heterocycles. The number of carbonyl (C=O) groups excluding carboxylic acids is 1. The van der Waals surface area contributed by atoms with Gasteiger partial charge in [0.25, 0.3) is 0 Å². The average Bonchev–Trinajstić information content (AvgIpc) is 2.51. The standard InChI is InChI=1S/C17H16BrF2NO2/c18-15-4-2-1-3-13(15)9-10-21-16(22)11-12-5-7-14(8-6-12)23-17(19)20/h1-8,17H,9-11H2,(H,21,22). The maximum absolute atomic E-state index is 12.0. The van der Waals surface area contributed by atoms with Crippen molar-refractivity contribution in [2.75, 3.05) is 6.54 Å². The minimum atomic E-state index is -2.85. The van der Waals surface area contributed by atoms with Gasteiger partial charge in [0.05, 0.1) is 6.42 Å². The summed E-state index contributed by atoms with van der Waals surface area (Å²) in [5.41, 5.74) is 1.87. The van der Waals surface area contributed by atoms with E-state index in [4.69, 9.17) is 0 Å². The second-order valence-electron chi connectivity index (χ2n) is 4.89. The van der Waals surface area contributed by atoms with Crippen LogP contribution >= 0.6 is 15.9 Å². The Morgan fingerprint density at radius 1 is 1.13 bits per heavy atom. The first kappa shape index (κ1) is 17.4. The lowest BCUT2D eigenvalue weighted by molar-refractivity contribution is -0.120. The Bertz CT molecular complexity index is 647. The van der Waals surface area contributed by atoms with Gasteiger partial charge in [-0.15, -0.1) is 0 Å². The fourth-order valence-electron chi connectivity index (χ4n) is 2.07. The maximum Gasteiger partial charge on any atom is 0.387 e. The highest BCUT2D eigenvalue weighted by Crippen LogP contribution is 2.16. The summed E-state index contributed by atoms with van der Waals surface area (Å²) in [5.74, 6) is -0.0299. The number of amides is 1. The minimum absolute atomic E-state index is 0.0816. The zero-order valence-corrected chi connectivity index (χ0v) is 13.9. The van der Waals surface area contributed by atoms with E-state index in [-0.39, 0.29) is 18.1 Å². The largest absolute Gasteiger partial charge is 0.435 e. The number of hydrogen-bond donors (Lipinski definition) is 1. The number of hydrogen-bond acceptors (Lipinski definition) is 2. The molecule has 0 unspecified atom stereocenters. The van der Waals surface area contributed by atoms with Crippen molar-refractivity contribution in [1.82, 2.24) is 5.32 Å². The molecule has 2 rings (SSSR count). The highest BCUT2D eigenvalue weighted by molar-refractivity contribution is 9.10. The van der Waals surface area contributed by atoms with E-state index in [2.05, 4.69) is 26.0 Å². The van der Waals surface area contributed by atoms with Gasteiger partial charge in [-0.1, -0.05) is 46.3 Å². The van der Waals surface area contributed by atoms with E-state index < -0.39 is 6.61 Å². The van der Waals surface area contributed by atoms with Crippen LogP contribution in [0.15, 0.2) is 53.0 Å². The second-order valence-corrected chi connectivity index (χ2v) is 5.74. The first-order valence-corrected chi connectivity index (χ1v) is 7.88. The van der Waals surface area contributed by atoms with Crippen molar-refractivity contribution in [3.05, 3.63) is 64.1 Å². The third-order valence-electron chi connectivity index (χ3n) is 3.19. The highest BCUT2D eigenvalue weighted by atomic mass is 79.9. The van der Waals surface area contributed by atoms with Crippen molar-refractivity contribution >= 4 is 21.8 Å². The van der Waals surface area contributed by atoms with Gasteiger partial charge in [-0.25, -0.2) is 0 Å². The minimum Gasteiger partial charge on any atom is -0.435 e. The summed E-state index contributed by atoms with van der Waals surface area (Å²) < 4.78 is 29.4. The van der Waals surface area contributed by atoms with Gasteiger partial charge < -0.3 is 10.1 Å². The molecule has 122 valence electrons. The molecule has 3 nitrogen and oxygen atoms in total. The number of halogens is 3. The fraction of sp³-hybridized carbons (Fsp3) is 0.235. The van der Waals surface area contributed by atoms with Crippen molar-refractivity contribution in [1.29, 1.82) is 0 Å². The van der Waals surface area contributed by atoms with Crippen molar-refractivity contribution < 1.29 is 18.3 Å². The molecule has 0 spiro atoms. The molecular formula is C17H16BrF2NO2. The van der Waals surface area contributed by atoms with Crippen LogP contribution in [0, 0.1) is 0 Å². The predicted octanol–water partition coefficient (Wildman–Crippen LogP) is 3.95. The van der Waals surface area contributed by atoms with E-state index in [1.807, 2.05) is 24.3 Å². The van der Waals surface area contributed by atoms with Crippen LogP contribution in [0.25, 0.3) is 0 Å². The van der Waals surface area contributed by atoms with Crippen molar-refractivity contribution in [2.24, 2.45) is 0 Å². The average molecular weight is 384 g/mol. The van der Waals surface area contributed by atoms with E-state index in [0.29, 0.717) is 6.54 Å². The number of nitrogens with one attached hydrogen (secondary N) is 1. The first-order chi connectivity index (χ1) is 11.0. The molecule has 23 heavy (non-hydrogen) atoms. The van der Waals surface area contributed by atoms with Gasteiger partial charge in [0.15, 0.2) is 0 Å². The van der Waals surface area contributed by atoms with E-state index in [0.717, 1.165) is 22.0 Å². The summed E-state index contributed by atoms with van der Waals surface area (Å²) >= 11 is 3.46. The summed E-state index contributed by atoms with van der Waals surface area (Å²) in [4.78, 5) is 11.9. The Hall–Kier alpha value is -1.95. The summed E-state index contributed by atoms with van der Waals surface area (Å²) in [6.07, 6.45) is 0.930. The van der Waals surface area contributed by atoms with E-state index >= 15 is 0 Å². The number of carbonyl (C=O) groups is 1. The van der Waals surface area contributed by atoms with Gasteiger partial charge in [0.1, 0.15) is 5.75 Å². The van der Waals surface area contributed by atoms with E-state index in [1.165, 1.54) is 12.1 Å². The normalized spacial score (nSPS) is 10.6. The van der Waals surface area contributed by atoms with Crippen LogP contribution in [-0.4, -0.2) is 19.1 Å². The van der Waals surface area contributed by atoms with Crippen LogP contribution in [0.2, 0.25) is 0 Å². The topological polar surface area (TPSA) is 38.3 Å². The summed E-state index contributed by atoms with van der Waals surface area (Å²) in [7, 11) is 0. The van der Waals surface area contributed by atoms with Gasteiger partial charge in [-0.3, -0.25) is 4.79 Å². The van der Waals surface area contributed by atoms with Gasteiger partial charge >= 0.3 is 6.61 Å². The molecule has 1 N–H and O–H groups in total. The molecule has 0 saturated carbocycles. The zero-order chi connectivity index (χ0) is 16.7. The number of rotatable bonds is 7. The Balaban J connectivity index is 1.77. The molecule has 0 aliphatic carbocycles. The van der Waals surface area contributed by atoms with Gasteiger partial charge in [0.2, 0.25) is 5.91 Å². The van der Waals surface area contributed by atoms with Crippen molar-refractivity contribution in [2.45, 2.75) is 19.5 Å². The van der Waals surface area contributed by atoms with Gasteiger partial charge in [0, 0.05) is 11.0 Å². The lowest BCUT2D eigenvalue weighted by Gasteiger charge is -2.08. The molecule has 0 bridgehead atoms. The maximum atomic E-state index is 12.0. The molecule has 0 atom stereocenters. The molecule has 0 saturated heterocycles. The second kappa shape index (κ2) is 8.62. The SMILES string of the molecule is O=C(Cc1ccc(OC(F)F)cc1)NCCc1ccccc1Br. The molecule has 0 aliphatic rings. The third-order valence-corrected chi connectivity index (χ3v) is 3.96. The fourth-order valence-corrected chi connectivity index (χ4v) is 2.56. The molecule has 2 aromatic rings. The zero-order valence-electron chi connectivity index (χ0n) is 12.3. The molecule has 0 heterocycles. The molecule has 6 heteroatoms. The molecule has 0 aliphatic heterocycles. The van der Waals surface area contributed by atoms with Crippen molar-refractivity contribution in [3.63, 3.8) is 0 Å². The van der Waals surface area contributed by atoms with E-state index in [9.17, 15) is 13.6 Å². The summed E-state index contributed by atoms with van der Waals surface area (Å²) in [5, 5.41) is 2.84. The van der Waals surface area contributed by atoms with Crippen LogP contribution in [0.1, 0.15) is 11.1 Å². The molecule has 0 radical (unpaired) electrons. The van der Waals surface area contributed by atoms with Crippen LogP contribution in [0.4, 0.5) is 8.78 Å². The Labute approximate surface area is 141 Å². The lowest BCUT2D eigenvalue weighted by Crippen LogP contribution is -2.27. The molecule has 1 amide bonds.